The van der Waals surface area contributed by atoms with Crippen LogP contribution in [0.2, 0.25) is 0 Å². The van der Waals surface area contributed by atoms with Crippen molar-refractivity contribution in [2.75, 3.05) is 6.54 Å². The van der Waals surface area contributed by atoms with Crippen LogP contribution in [-0.4, -0.2) is 43.3 Å². The Kier molecular flexibility index (Phi) is 3.93. The molecule has 0 saturated heterocycles. The normalized spacial score (nSPS) is 17.2. The Morgan fingerprint density at radius 3 is 2.57 bits per heavy atom. The minimum atomic E-state index is 0.0895. The molecule has 6 nitrogen and oxygen atoms in total. The number of aromatic nitrogens is 4. The number of benzene rings is 2. The fourth-order valence-electron chi connectivity index (χ4n) is 4.32. The Hall–Kier alpha value is -3.15. The van der Waals surface area contributed by atoms with Gasteiger partial charge in [-0.1, -0.05) is 13.8 Å². The summed E-state index contributed by atoms with van der Waals surface area (Å²) in [6.45, 7) is 5.11. The number of carbonyl (C=O) groups is 1. The second kappa shape index (κ2) is 6.48. The fourth-order valence-corrected chi connectivity index (χ4v) is 4.32. The number of hydrogen-bond donors (Lipinski definition) is 2. The average Bonchev–Trinajstić information content (AvgIpc) is 3.30. The van der Waals surface area contributed by atoms with E-state index in [4.69, 9.17) is 0 Å². The van der Waals surface area contributed by atoms with Gasteiger partial charge in [-0.3, -0.25) is 4.79 Å². The van der Waals surface area contributed by atoms with Gasteiger partial charge >= 0.3 is 0 Å². The van der Waals surface area contributed by atoms with Crippen molar-refractivity contribution in [3.8, 4) is 0 Å². The van der Waals surface area contributed by atoms with Crippen molar-refractivity contribution in [3.63, 3.8) is 0 Å². The number of nitrogens with one attached hydrogen (secondary N) is 2. The lowest BCUT2D eigenvalue weighted by molar-refractivity contribution is 0.0636. The first-order valence-electron chi connectivity index (χ1n) is 9.79. The topological polar surface area (TPSA) is 77.7 Å². The van der Waals surface area contributed by atoms with Crippen LogP contribution >= 0.6 is 0 Å². The number of fused-ring (bicyclic) bond motifs is 3. The molecule has 3 heterocycles. The van der Waals surface area contributed by atoms with E-state index in [-0.39, 0.29) is 11.9 Å². The third-order valence-electron chi connectivity index (χ3n) is 5.89. The predicted octanol–water partition coefficient (Wildman–Crippen LogP) is 3.70. The molecular weight excluding hydrogens is 350 g/mol. The van der Waals surface area contributed by atoms with Crippen molar-refractivity contribution in [1.29, 1.82) is 0 Å². The van der Waals surface area contributed by atoms with Crippen molar-refractivity contribution in [2.45, 2.75) is 32.7 Å². The molecule has 0 fully saturated rings. The van der Waals surface area contributed by atoms with Gasteiger partial charge in [0.05, 0.1) is 34.7 Å². The Bertz CT molecular complexity index is 1170. The molecule has 0 radical (unpaired) electrons. The number of carbonyl (C=O) groups excluding carboxylic acids is 1. The summed E-state index contributed by atoms with van der Waals surface area (Å²) in [5, 5.41) is 0. The summed E-state index contributed by atoms with van der Waals surface area (Å²) in [4.78, 5) is 30.5. The van der Waals surface area contributed by atoms with E-state index in [1.54, 1.807) is 12.7 Å². The SMILES string of the molecule is CC(C)C1Cc2cc3nc[nH]c3cc2CCN1C(=O)c1ccc2nc[nH]c2c1. The molecule has 2 aromatic carbocycles. The van der Waals surface area contributed by atoms with Crippen molar-refractivity contribution < 1.29 is 4.79 Å². The van der Waals surface area contributed by atoms with Crippen LogP contribution in [0.25, 0.3) is 22.1 Å². The molecule has 4 aromatic rings. The van der Waals surface area contributed by atoms with Gasteiger partial charge < -0.3 is 14.9 Å². The largest absolute Gasteiger partial charge is 0.345 e. The van der Waals surface area contributed by atoms with Crippen molar-refractivity contribution in [3.05, 3.63) is 59.7 Å². The summed E-state index contributed by atoms with van der Waals surface area (Å²) in [5.74, 6) is 0.451. The number of nitrogens with zero attached hydrogens (tertiary/aromatic N) is 3. The molecule has 6 heteroatoms. The maximum atomic E-state index is 13.4. The van der Waals surface area contributed by atoms with Crippen LogP contribution in [0.4, 0.5) is 0 Å². The van der Waals surface area contributed by atoms with Crippen molar-refractivity contribution in [1.82, 2.24) is 24.8 Å². The number of hydrogen-bond acceptors (Lipinski definition) is 3. The van der Waals surface area contributed by atoms with Crippen LogP contribution in [0.15, 0.2) is 43.0 Å². The van der Waals surface area contributed by atoms with Gasteiger partial charge in [-0.05, 0) is 60.2 Å². The maximum absolute atomic E-state index is 13.4. The molecule has 1 aliphatic heterocycles. The maximum Gasteiger partial charge on any atom is 0.254 e. The summed E-state index contributed by atoms with van der Waals surface area (Å²) < 4.78 is 0. The molecule has 0 spiro atoms. The first kappa shape index (κ1) is 17.0. The highest BCUT2D eigenvalue weighted by Crippen LogP contribution is 2.28. The van der Waals surface area contributed by atoms with E-state index in [0.717, 1.165) is 41.5 Å². The standard InChI is InChI=1S/C22H23N5O/c1-13(2)21-10-16-9-20-19(25-12-26-20)7-14(16)5-6-27(21)22(28)15-3-4-17-18(8-15)24-11-23-17/h3-4,7-9,11-13,21H,5-6,10H2,1-2H3,(H,23,24)(H,25,26). The molecule has 1 unspecified atom stereocenters. The quantitative estimate of drug-likeness (QED) is 0.562. The molecule has 0 saturated carbocycles. The Morgan fingerprint density at radius 2 is 1.79 bits per heavy atom. The Morgan fingerprint density at radius 1 is 1.04 bits per heavy atom. The van der Waals surface area contributed by atoms with E-state index in [9.17, 15) is 4.79 Å². The number of aromatic amines is 2. The predicted molar refractivity (Wildman–Crippen MR) is 109 cm³/mol. The molecule has 0 aliphatic carbocycles. The highest BCUT2D eigenvalue weighted by Gasteiger charge is 2.31. The molecule has 2 aromatic heterocycles. The van der Waals surface area contributed by atoms with E-state index in [1.807, 2.05) is 18.2 Å². The van der Waals surface area contributed by atoms with Gasteiger partial charge in [-0.25, -0.2) is 9.97 Å². The van der Waals surface area contributed by atoms with Gasteiger partial charge in [0.1, 0.15) is 0 Å². The van der Waals surface area contributed by atoms with Crippen LogP contribution in [0.3, 0.4) is 0 Å². The number of imidazole rings is 2. The van der Waals surface area contributed by atoms with E-state index in [0.29, 0.717) is 11.5 Å². The lowest BCUT2D eigenvalue weighted by Crippen LogP contribution is -2.44. The first-order chi connectivity index (χ1) is 13.6. The average molecular weight is 373 g/mol. The third kappa shape index (κ3) is 2.76. The molecule has 5 rings (SSSR count). The molecule has 1 amide bonds. The molecule has 0 bridgehead atoms. The zero-order valence-corrected chi connectivity index (χ0v) is 16.1. The number of amides is 1. The van der Waals surface area contributed by atoms with Gasteiger partial charge in [-0.2, -0.15) is 0 Å². The van der Waals surface area contributed by atoms with E-state index < -0.39 is 0 Å². The second-order valence-electron chi connectivity index (χ2n) is 7.94. The van der Waals surface area contributed by atoms with Crippen LogP contribution in [0.1, 0.15) is 35.3 Å². The van der Waals surface area contributed by atoms with Crippen LogP contribution in [0, 0.1) is 5.92 Å². The summed E-state index contributed by atoms with van der Waals surface area (Å²) in [6, 6.07) is 10.2. The van der Waals surface area contributed by atoms with Gasteiger partial charge in [-0.15, -0.1) is 0 Å². The molecular formula is C22H23N5O. The minimum absolute atomic E-state index is 0.0895. The minimum Gasteiger partial charge on any atom is -0.345 e. The van der Waals surface area contributed by atoms with Crippen LogP contribution in [-0.2, 0) is 12.8 Å². The van der Waals surface area contributed by atoms with E-state index in [2.05, 4.69) is 50.8 Å². The summed E-state index contributed by atoms with van der Waals surface area (Å²) >= 11 is 0. The summed E-state index contributed by atoms with van der Waals surface area (Å²) in [5.41, 5.74) is 7.14. The van der Waals surface area contributed by atoms with Crippen molar-refractivity contribution in [2.24, 2.45) is 5.92 Å². The zero-order valence-electron chi connectivity index (χ0n) is 16.1. The summed E-state index contributed by atoms with van der Waals surface area (Å²) in [7, 11) is 0. The molecule has 142 valence electrons. The van der Waals surface area contributed by atoms with E-state index >= 15 is 0 Å². The summed E-state index contributed by atoms with van der Waals surface area (Å²) in [6.07, 6.45) is 5.11. The highest BCUT2D eigenvalue weighted by atomic mass is 16.2. The molecule has 28 heavy (non-hydrogen) atoms. The van der Waals surface area contributed by atoms with Gasteiger partial charge in [0.2, 0.25) is 0 Å². The van der Waals surface area contributed by atoms with Crippen molar-refractivity contribution >= 4 is 28.0 Å². The first-order valence-corrected chi connectivity index (χ1v) is 9.79. The number of rotatable bonds is 2. The van der Waals surface area contributed by atoms with E-state index in [1.165, 1.54) is 11.1 Å². The number of H-pyrrole nitrogens is 2. The lowest BCUT2D eigenvalue weighted by Gasteiger charge is -2.33. The molecule has 1 atom stereocenters. The second-order valence-corrected chi connectivity index (χ2v) is 7.94. The third-order valence-corrected chi connectivity index (χ3v) is 5.89. The zero-order chi connectivity index (χ0) is 19.3. The fraction of sp³-hybridized carbons (Fsp3) is 0.318. The Labute approximate surface area is 163 Å². The lowest BCUT2D eigenvalue weighted by atomic mass is 9.93. The smallest absolute Gasteiger partial charge is 0.254 e. The Balaban J connectivity index is 1.51. The van der Waals surface area contributed by atoms with Crippen LogP contribution < -0.4 is 0 Å². The van der Waals surface area contributed by atoms with Crippen LogP contribution in [0.5, 0.6) is 0 Å². The van der Waals surface area contributed by atoms with Gasteiger partial charge in [0.15, 0.2) is 0 Å². The molecule has 1 aliphatic rings. The van der Waals surface area contributed by atoms with Gasteiger partial charge in [0.25, 0.3) is 5.91 Å². The van der Waals surface area contributed by atoms with Gasteiger partial charge in [0, 0.05) is 18.2 Å². The molecule has 2 N–H and O–H groups in total. The highest BCUT2D eigenvalue weighted by molar-refractivity contribution is 5.97. The monoisotopic (exact) mass is 373 g/mol.